The van der Waals surface area contributed by atoms with Crippen LogP contribution >= 0.6 is 0 Å². The highest BCUT2D eigenvalue weighted by Crippen LogP contribution is 2.19. The largest absolute Gasteiger partial charge is 0.394 e. The van der Waals surface area contributed by atoms with Gasteiger partial charge in [0.05, 0.1) is 18.7 Å². The normalized spacial score (nSPS) is 32.5. The highest BCUT2D eigenvalue weighted by molar-refractivity contribution is 5.82. The molecule has 2 aliphatic heterocycles. The van der Waals surface area contributed by atoms with Gasteiger partial charge in [0.2, 0.25) is 5.91 Å². The molecule has 2 saturated heterocycles. The Morgan fingerprint density at radius 3 is 2.93 bits per heavy atom. The van der Waals surface area contributed by atoms with Crippen molar-refractivity contribution in [3.05, 3.63) is 0 Å². The maximum absolute atomic E-state index is 12.0. The van der Waals surface area contributed by atoms with Gasteiger partial charge in [-0.3, -0.25) is 4.79 Å². The number of carbonyl (C=O) groups is 1. The second kappa shape index (κ2) is 4.28. The zero-order valence-electron chi connectivity index (χ0n) is 8.41. The fourth-order valence-electron chi connectivity index (χ4n) is 2.41. The smallest absolute Gasteiger partial charge is 0.240 e. The number of aliphatic hydroxyl groups is 1. The van der Waals surface area contributed by atoms with Gasteiger partial charge in [-0.15, -0.1) is 0 Å². The maximum Gasteiger partial charge on any atom is 0.240 e. The molecule has 4 heteroatoms. The third kappa shape index (κ3) is 1.77. The highest BCUT2D eigenvalue weighted by Gasteiger charge is 2.33. The zero-order chi connectivity index (χ0) is 9.97. The summed E-state index contributed by atoms with van der Waals surface area (Å²) in [5.74, 6) is 0.194. The third-order valence-corrected chi connectivity index (χ3v) is 3.23. The zero-order valence-corrected chi connectivity index (χ0v) is 8.41. The molecule has 1 amide bonds. The Morgan fingerprint density at radius 1 is 1.43 bits per heavy atom. The van der Waals surface area contributed by atoms with Crippen LogP contribution in [0.5, 0.6) is 0 Å². The van der Waals surface area contributed by atoms with E-state index in [1.807, 2.05) is 4.90 Å². The van der Waals surface area contributed by atoms with E-state index in [1.165, 1.54) is 0 Å². The minimum absolute atomic E-state index is 0.0159. The van der Waals surface area contributed by atoms with Gasteiger partial charge in [0.1, 0.15) is 0 Å². The van der Waals surface area contributed by atoms with Crippen LogP contribution in [0.4, 0.5) is 0 Å². The monoisotopic (exact) mass is 198 g/mol. The second-order valence-electron chi connectivity index (χ2n) is 4.16. The van der Waals surface area contributed by atoms with Gasteiger partial charge in [0.25, 0.3) is 0 Å². The van der Waals surface area contributed by atoms with Crippen molar-refractivity contribution in [3.8, 4) is 0 Å². The van der Waals surface area contributed by atoms with E-state index >= 15 is 0 Å². The topological polar surface area (TPSA) is 52.6 Å². The van der Waals surface area contributed by atoms with Crippen LogP contribution in [0.3, 0.4) is 0 Å². The van der Waals surface area contributed by atoms with Gasteiger partial charge in [-0.05, 0) is 32.2 Å². The van der Waals surface area contributed by atoms with E-state index in [1.54, 1.807) is 0 Å². The lowest BCUT2D eigenvalue weighted by atomic mass is 10.2. The number of nitrogens with one attached hydrogen (secondary N) is 1. The molecule has 0 spiro atoms. The van der Waals surface area contributed by atoms with Gasteiger partial charge in [-0.1, -0.05) is 0 Å². The van der Waals surface area contributed by atoms with Crippen LogP contribution in [0.1, 0.15) is 25.7 Å². The van der Waals surface area contributed by atoms with Crippen LogP contribution < -0.4 is 5.32 Å². The molecule has 80 valence electrons. The fourth-order valence-corrected chi connectivity index (χ4v) is 2.41. The van der Waals surface area contributed by atoms with Crippen molar-refractivity contribution in [3.63, 3.8) is 0 Å². The van der Waals surface area contributed by atoms with Gasteiger partial charge in [-0.2, -0.15) is 0 Å². The SMILES string of the molecule is O=C([C@H]1CCCN1)N1CCC[C@H]1CO. The summed E-state index contributed by atoms with van der Waals surface area (Å²) in [6.07, 6.45) is 4.03. The molecule has 0 aliphatic carbocycles. The molecule has 14 heavy (non-hydrogen) atoms. The first-order chi connectivity index (χ1) is 6.83. The molecular formula is C10H18N2O2. The molecule has 0 bridgehead atoms. The van der Waals surface area contributed by atoms with E-state index in [2.05, 4.69) is 5.32 Å². The van der Waals surface area contributed by atoms with Crippen molar-refractivity contribution in [2.24, 2.45) is 0 Å². The number of rotatable bonds is 2. The summed E-state index contributed by atoms with van der Waals surface area (Å²) in [6.45, 7) is 1.88. The number of carbonyl (C=O) groups excluding carboxylic acids is 1. The molecule has 2 heterocycles. The summed E-state index contributed by atoms with van der Waals surface area (Å²) >= 11 is 0. The number of hydrogen-bond acceptors (Lipinski definition) is 3. The molecule has 0 radical (unpaired) electrons. The number of aliphatic hydroxyl groups excluding tert-OH is 1. The molecular weight excluding hydrogens is 180 g/mol. The fraction of sp³-hybridized carbons (Fsp3) is 0.900. The molecule has 2 rings (SSSR count). The molecule has 2 N–H and O–H groups in total. The Hall–Kier alpha value is -0.610. The second-order valence-corrected chi connectivity index (χ2v) is 4.16. The minimum Gasteiger partial charge on any atom is -0.394 e. The van der Waals surface area contributed by atoms with E-state index in [-0.39, 0.29) is 24.6 Å². The summed E-state index contributed by atoms with van der Waals surface area (Å²) < 4.78 is 0. The molecule has 0 aromatic rings. The predicted octanol–water partition coefficient (Wildman–Crippen LogP) is -0.278. The molecule has 2 fully saturated rings. The Morgan fingerprint density at radius 2 is 2.29 bits per heavy atom. The Labute approximate surface area is 84.3 Å². The van der Waals surface area contributed by atoms with E-state index < -0.39 is 0 Å². The Balaban J connectivity index is 1.95. The van der Waals surface area contributed by atoms with Gasteiger partial charge in [0, 0.05) is 6.54 Å². The summed E-state index contributed by atoms with van der Waals surface area (Å²) in [4.78, 5) is 13.8. The van der Waals surface area contributed by atoms with Crippen LogP contribution in [-0.4, -0.2) is 47.7 Å². The van der Waals surface area contributed by atoms with Gasteiger partial charge in [0.15, 0.2) is 0 Å². The summed E-state index contributed by atoms with van der Waals surface area (Å²) in [5, 5.41) is 12.3. The van der Waals surface area contributed by atoms with Crippen molar-refractivity contribution in [2.75, 3.05) is 19.7 Å². The van der Waals surface area contributed by atoms with Crippen molar-refractivity contribution < 1.29 is 9.90 Å². The lowest BCUT2D eigenvalue weighted by Gasteiger charge is -2.26. The van der Waals surface area contributed by atoms with Crippen molar-refractivity contribution in [2.45, 2.75) is 37.8 Å². The first-order valence-corrected chi connectivity index (χ1v) is 5.47. The molecule has 0 saturated carbocycles. The highest BCUT2D eigenvalue weighted by atomic mass is 16.3. The molecule has 0 aromatic heterocycles. The van der Waals surface area contributed by atoms with E-state index in [9.17, 15) is 4.79 Å². The van der Waals surface area contributed by atoms with Crippen LogP contribution in [0, 0.1) is 0 Å². The molecule has 4 nitrogen and oxygen atoms in total. The number of likely N-dealkylation sites (tertiary alicyclic amines) is 1. The first-order valence-electron chi connectivity index (χ1n) is 5.47. The molecule has 0 unspecified atom stereocenters. The Bertz CT molecular complexity index is 214. The minimum atomic E-state index is 0.0159. The summed E-state index contributed by atoms with van der Waals surface area (Å²) in [6, 6.07) is 0.0899. The van der Waals surface area contributed by atoms with E-state index in [4.69, 9.17) is 5.11 Å². The lowest BCUT2D eigenvalue weighted by Crippen LogP contribution is -2.46. The van der Waals surface area contributed by atoms with Crippen LogP contribution in [0.25, 0.3) is 0 Å². The number of nitrogens with zero attached hydrogens (tertiary/aromatic N) is 1. The quantitative estimate of drug-likeness (QED) is 0.642. The van der Waals surface area contributed by atoms with Crippen molar-refractivity contribution in [1.29, 1.82) is 0 Å². The van der Waals surface area contributed by atoms with Crippen LogP contribution in [-0.2, 0) is 4.79 Å². The number of hydrogen-bond donors (Lipinski definition) is 2. The van der Waals surface area contributed by atoms with Gasteiger partial charge in [-0.25, -0.2) is 0 Å². The average molecular weight is 198 g/mol. The predicted molar refractivity (Wildman–Crippen MR) is 52.8 cm³/mol. The van der Waals surface area contributed by atoms with Gasteiger partial charge >= 0.3 is 0 Å². The summed E-state index contributed by atoms with van der Waals surface area (Å²) in [7, 11) is 0. The standard InChI is InChI=1S/C10H18N2O2/c13-7-8-3-2-6-12(8)10(14)9-4-1-5-11-9/h8-9,11,13H,1-7H2/t8-,9+/m0/s1. The average Bonchev–Trinajstić information content (AvgIpc) is 2.87. The van der Waals surface area contributed by atoms with E-state index in [0.29, 0.717) is 0 Å². The van der Waals surface area contributed by atoms with Crippen molar-refractivity contribution >= 4 is 5.91 Å². The van der Waals surface area contributed by atoms with Crippen LogP contribution in [0.15, 0.2) is 0 Å². The third-order valence-electron chi connectivity index (χ3n) is 3.23. The molecule has 0 aromatic carbocycles. The van der Waals surface area contributed by atoms with Crippen molar-refractivity contribution in [1.82, 2.24) is 10.2 Å². The van der Waals surface area contributed by atoms with Crippen LogP contribution in [0.2, 0.25) is 0 Å². The number of amides is 1. The molecule has 2 aliphatic rings. The Kier molecular flexibility index (Phi) is 3.03. The lowest BCUT2D eigenvalue weighted by molar-refractivity contribution is -0.134. The van der Waals surface area contributed by atoms with Gasteiger partial charge < -0.3 is 15.3 Å². The first kappa shape index (κ1) is 9.93. The molecule has 2 atom stereocenters. The maximum atomic E-state index is 12.0. The van der Waals surface area contributed by atoms with E-state index in [0.717, 1.165) is 38.8 Å². The summed E-state index contributed by atoms with van der Waals surface area (Å²) in [5.41, 5.74) is 0.